The molecule has 1 aliphatic carbocycles. The van der Waals surface area contributed by atoms with Crippen molar-refractivity contribution < 1.29 is 0 Å². The van der Waals surface area contributed by atoms with Gasteiger partial charge < -0.3 is 0 Å². The lowest BCUT2D eigenvalue weighted by atomic mass is 9.85. The first-order valence-corrected chi connectivity index (χ1v) is 15.0. The lowest BCUT2D eigenvalue weighted by molar-refractivity contribution is 0.339. The lowest BCUT2D eigenvalue weighted by Crippen LogP contribution is -2.07. The molecule has 0 spiro atoms. The van der Waals surface area contributed by atoms with Gasteiger partial charge in [-0.1, -0.05) is 86.7 Å². The number of rotatable bonds is 7. The van der Waals surface area contributed by atoms with Gasteiger partial charge in [0.1, 0.15) is 0 Å². The Hall–Kier alpha value is -2.16. The predicted octanol–water partition coefficient (Wildman–Crippen LogP) is 10.1. The summed E-state index contributed by atoms with van der Waals surface area (Å²) in [6.45, 7) is 0. The van der Waals surface area contributed by atoms with Gasteiger partial charge in [0.15, 0.2) is 0 Å². The third-order valence-electron chi connectivity index (χ3n) is 7.36. The fourth-order valence-corrected chi connectivity index (χ4v) is 6.59. The fourth-order valence-electron chi connectivity index (χ4n) is 5.38. The van der Waals surface area contributed by atoms with Crippen molar-refractivity contribution in [2.45, 2.75) is 54.7 Å². The van der Waals surface area contributed by atoms with Gasteiger partial charge in [-0.15, -0.1) is 23.5 Å². The van der Waals surface area contributed by atoms with Gasteiger partial charge in [-0.25, -0.2) is 0 Å². The Balaban J connectivity index is 1.41. The summed E-state index contributed by atoms with van der Waals surface area (Å²) in [4.78, 5) is 2.67. The molecular weight excluding hydrogens is 448 g/mol. The summed E-state index contributed by atoms with van der Waals surface area (Å²) in [5.74, 6) is 0.944. The van der Waals surface area contributed by atoms with Crippen LogP contribution in [-0.4, -0.2) is 12.5 Å². The van der Waals surface area contributed by atoms with E-state index in [4.69, 9.17) is 0 Å². The maximum atomic E-state index is 2.43. The highest BCUT2D eigenvalue weighted by Gasteiger charge is 2.13. The average molecular weight is 483 g/mol. The van der Waals surface area contributed by atoms with Crippen LogP contribution in [0.15, 0.2) is 76.5 Å². The minimum Gasteiger partial charge on any atom is -0.129 e. The Kier molecular flexibility index (Phi) is 7.67. The van der Waals surface area contributed by atoms with Crippen LogP contribution in [0.4, 0.5) is 0 Å². The van der Waals surface area contributed by atoms with Crippen LogP contribution in [0, 0.1) is 5.92 Å². The first-order chi connectivity index (χ1) is 16.7. The van der Waals surface area contributed by atoms with Crippen LogP contribution in [0.25, 0.3) is 33.7 Å². The highest BCUT2D eigenvalue weighted by molar-refractivity contribution is 7.99. The molecule has 1 aliphatic rings. The second kappa shape index (κ2) is 11.1. The molecule has 174 valence electrons. The summed E-state index contributed by atoms with van der Waals surface area (Å²) in [7, 11) is 0. The molecule has 1 fully saturated rings. The molecule has 5 rings (SSSR count). The van der Waals surface area contributed by atoms with Crippen LogP contribution in [-0.2, 0) is 6.42 Å². The van der Waals surface area contributed by atoms with Crippen LogP contribution in [0.3, 0.4) is 0 Å². The molecule has 0 N–H and O–H groups in total. The zero-order chi connectivity index (χ0) is 23.3. The minimum atomic E-state index is 0.944. The largest absolute Gasteiger partial charge is 0.129 e. The van der Waals surface area contributed by atoms with Gasteiger partial charge >= 0.3 is 0 Å². The summed E-state index contributed by atoms with van der Waals surface area (Å²) in [6.07, 6.45) is 18.7. The first kappa shape index (κ1) is 23.6. The van der Waals surface area contributed by atoms with E-state index >= 15 is 0 Å². The van der Waals surface area contributed by atoms with Crippen molar-refractivity contribution in [3.8, 4) is 0 Å². The van der Waals surface area contributed by atoms with Gasteiger partial charge in [-0.05, 0) is 93.8 Å². The van der Waals surface area contributed by atoms with Crippen LogP contribution < -0.4 is 0 Å². The summed E-state index contributed by atoms with van der Waals surface area (Å²) >= 11 is 3.66. The van der Waals surface area contributed by atoms with Crippen LogP contribution in [0.2, 0.25) is 0 Å². The minimum absolute atomic E-state index is 0.944. The number of aryl methyl sites for hydroxylation is 1. The Labute approximate surface area is 213 Å². The summed E-state index contributed by atoms with van der Waals surface area (Å²) < 4.78 is 0. The summed E-state index contributed by atoms with van der Waals surface area (Å²) in [5.41, 5.74) is 4.08. The molecule has 1 saturated carbocycles. The maximum Gasteiger partial charge on any atom is 0.0148 e. The van der Waals surface area contributed by atoms with Crippen molar-refractivity contribution in [3.05, 3.63) is 83.4 Å². The van der Waals surface area contributed by atoms with Crippen molar-refractivity contribution in [3.63, 3.8) is 0 Å². The zero-order valence-corrected chi connectivity index (χ0v) is 22.0. The molecular formula is C32H34S2. The van der Waals surface area contributed by atoms with E-state index in [-0.39, 0.29) is 0 Å². The van der Waals surface area contributed by atoms with Crippen molar-refractivity contribution in [1.29, 1.82) is 0 Å². The molecule has 0 saturated heterocycles. The Morgan fingerprint density at radius 3 is 1.91 bits per heavy atom. The zero-order valence-electron chi connectivity index (χ0n) is 20.3. The van der Waals surface area contributed by atoms with E-state index in [0.29, 0.717) is 0 Å². The van der Waals surface area contributed by atoms with Crippen molar-refractivity contribution in [1.82, 2.24) is 0 Å². The molecule has 0 aliphatic heterocycles. The third-order valence-corrected chi connectivity index (χ3v) is 8.95. The van der Waals surface area contributed by atoms with Gasteiger partial charge in [-0.3, -0.25) is 0 Å². The molecule has 0 radical (unpaired) electrons. The fraction of sp³-hybridized carbons (Fsp3) is 0.312. The van der Waals surface area contributed by atoms with Crippen molar-refractivity contribution in [2.24, 2.45) is 5.92 Å². The van der Waals surface area contributed by atoms with Crippen LogP contribution in [0.1, 0.15) is 55.2 Å². The maximum absolute atomic E-state index is 2.43. The average Bonchev–Trinajstić information content (AvgIpc) is 2.90. The van der Waals surface area contributed by atoms with Gasteiger partial charge in [0, 0.05) is 9.79 Å². The summed E-state index contributed by atoms with van der Waals surface area (Å²) in [5, 5.41) is 5.31. The normalized spacial score (nSPS) is 15.0. The Morgan fingerprint density at radius 1 is 0.676 bits per heavy atom. The molecule has 0 unspecified atom stereocenters. The highest BCUT2D eigenvalue weighted by Crippen LogP contribution is 2.33. The Morgan fingerprint density at radius 2 is 1.26 bits per heavy atom. The van der Waals surface area contributed by atoms with Gasteiger partial charge in [0.05, 0.1) is 0 Å². The van der Waals surface area contributed by atoms with Gasteiger partial charge in [0.25, 0.3) is 0 Å². The molecule has 0 amide bonds. The van der Waals surface area contributed by atoms with E-state index in [1.165, 1.54) is 93.0 Å². The standard InChI is InChI=1S/C32H34S2/c1-33-31-21-26-11-7-6-10-25(26)19-28(31)16-17-29-20-27-15-14-24(18-30(27)22-32(29)34-2)13-12-23-8-4-3-5-9-23/h6-7,10-11,14-23H,3-5,8-9,12-13H2,1-2H3/b17-16+. The second-order valence-corrected chi connectivity index (χ2v) is 11.3. The number of fused-ring (bicyclic) bond motifs is 2. The quantitative estimate of drug-likeness (QED) is 0.190. The molecule has 0 heterocycles. The van der Waals surface area contributed by atoms with E-state index in [1.54, 1.807) is 0 Å². The molecule has 4 aromatic rings. The van der Waals surface area contributed by atoms with E-state index in [0.717, 1.165) is 5.92 Å². The molecule has 34 heavy (non-hydrogen) atoms. The smallest absolute Gasteiger partial charge is 0.0148 e. The molecule has 0 aromatic heterocycles. The topological polar surface area (TPSA) is 0 Å². The Bertz CT molecular complexity index is 1310. The first-order valence-electron chi connectivity index (χ1n) is 12.6. The second-order valence-electron chi connectivity index (χ2n) is 9.59. The number of hydrogen-bond acceptors (Lipinski definition) is 2. The van der Waals surface area contributed by atoms with Gasteiger partial charge in [-0.2, -0.15) is 0 Å². The lowest BCUT2D eigenvalue weighted by Gasteiger charge is -2.21. The van der Waals surface area contributed by atoms with E-state index in [1.807, 2.05) is 23.5 Å². The van der Waals surface area contributed by atoms with Crippen molar-refractivity contribution in [2.75, 3.05) is 12.5 Å². The number of hydrogen-bond donors (Lipinski definition) is 0. The molecule has 2 heteroatoms. The van der Waals surface area contributed by atoms with Crippen LogP contribution >= 0.6 is 23.5 Å². The number of benzene rings is 4. The van der Waals surface area contributed by atoms with E-state index in [2.05, 4.69) is 91.4 Å². The van der Waals surface area contributed by atoms with Crippen molar-refractivity contribution >= 4 is 57.2 Å². The summed E-state index contributed by atoms with van der Waals surface area (Å²) in [6, 6.07) is 25.1. The predicted molar refractivity (Wildman–Crippen MR) is 155 cm³/mol. The molecule has 0 nitrogen and oxygen atoms in total. The van der Waals surface area contributed by atoms with E-state index < -0.39 is 0 Å². The molecule has 0 atom stereocenters. The SMILES string of the molecule is CSc1cc2ccccc2cc1/C=C/c1cc2ccc(CCC3CCCCC3)cc2cc1SC. The highest BCUT2D eigenvalue weighted by atomic mass is 32.2. The number of thioether (sulfide) groups is 2. The van der Waals surface area contributed by atoms with Gasteiger partial charge in [0.2, 0.25) is 0 Å². The third kappa shape index (κ3) is 5.39. The monoisotopic (exact) mass is 482 g/mol. The molecule has 4 aromatic carbocycles. The van der Waals surface area contributed by atoms with E-state index in [9.17, 15) is 0 Å². The molecule has 0 bridgehead atoms. The van der Waals surface area contributed by atoms with Crippen LogP contribution in [0.5, 0.6) is 0 Å².